The number of aryl methyl sites for hydroxylation is 1. The molecule has 2 heterocycles. The number of hydrogen-bond acceptors (Lipinski definition) is 7. The quantitative estimate of drug-likeness (QED) is 0.349. The largest absolute Gasteiger partial charge is 0.481 e. The summed E-state index contributed by atoms with van der Waals surface area (Å²) in [5, 5.41) is 0. The van der Waals surface area contributed by atoms with Crippen molar-refractivity contribution in [2.45, 2.75) is 26.8 Å². The molecule has 4 N–H and O–H groups in total. The van der Waals surface area contributed by atoms with Crippen molar-refractivity contribution in [2.75, 3.05) is 6.61 Å². The van der Waals surface area contributed by atoms with E-state index < -0.39 is 15.6 Å². The third kappa shape index (κ3) is 6.19. The fourth-order valence-electron chi connectivity index (χ4n) is 2.07. The summed E-state index contributed by atoms with van der Waals surface area (Å²) in [5.74, 6) is 0.523. The van der Waals surface area contributed by atoms with Crippen LogP contribution in [0.3, 0.4) is 0 Å². The second-order valence-electron chi connectivity index (χ2n) is 5.31. The van der Waals surface area contributed by atoms with Crippen LogP contribution in [0.5, 0.6) is 0 Å². The Labute approximate surface area is 152 Å². The highest BCUT2D eigenvalue weighted by atomic mass is 32.1. The fourth-order valence-corrected chi connectivity index (χ4v) is 4.63. The summed E-state index contributed by atoms with van der Waals surface area (Å²) in [6.45, 7) is 3.53. The lowest BCUT2D eigenvalue weighted by molar-refractivity contribution is -0.689. The predicted molar refractivity (Wildman–Crippen MR) is 90.6 cm³/mol. The van der Waals surface area contributed by atoms with Gasteiger partial charge in [0.05, 0.1) is 11.5 Å². The van der Waals surface area contributed by atoms with Crippen LogP contribution in [0.25, 0.3) is 0 Å². The zero-order valence-electron chi connectivity index (χ0n) is 13.9. The van der Waals surface area contributed by atoms with Crippen LogP contribution >= 0.6 is 27.0 Å². The minimum absolute atomic E-state index is 0.223. The van der Waals surface area contributed by atoms with Gasteiger partial charge in [-0.3, -0.25) is 9.32 Å². The van der Waals surface area contributed by atoms with Crippen molar-refractivity contribution in [3.63, 3.8) is 0 Å². The Bertz CT molecular complexity index is 937. The minimum atomic E-state index is -5.13. The lowest BCUT2D eigenvalue weighted by atomic mass is 10.3. The zero-order chi connectivity index (χ0) is 19.5. The van der Waals surface area contributed by atoms with Gasteiger partial charge in [-0.25, -0.2) is 14.1 Å². The average molecular weight is 426 g/mol. The Morgan fingerprint density at radius 2 is 2.00 bits per heavy atom. The Balaban J connectivity index is 2.00. The average Bonchev–Trinajstić information content (AvgIpc) is 2.80. The highest BCUT2D eigenvalue weighted by molar-refractivity contribution is 7.60. The first-order chi connectivity index (χ1) is 12.0. The summed E-state index contributed by atoms with van der Waals surface area (Å²) in [4.78, 5) is 45.7. The standard InChI is InChI=1S/C12H17N3O8P2S/c1-8-11(3-4-22-25(20,21)23-24(17,18)19)26-7-15(8)6-10-5-13-9(2)14-12(10)16/h5,7H,3-4,6H2,1-2H3,(H3-,13,14,16,17,18,19,20,21)/p+1. The molecule has 2 aromatic heterocycles. The summed E-state index contributed by atoms with van der Waals surface area (Å²) in [6, 6.07) is 0. The highest BCUT2D eigenvalue weighted by Gasteiger charge is 2.32. The number of H-pyrrole nitrogens is 1. The molecule has 0 radical (unpaired) electrons. The predicted octanol–water partition coefficient (Wildman–Crippen LogP) is 0.553. The Kier molecular flexibility index (Phi) is 6.65. The van der Waals surface area contributed by atoms with Crippen molar-refractivity contribution in [2.24, 2.45) is 0 Å². The van der Waals surface area contributed by atoms with Crippen molar-refractivity contribution >= 4 is 27.0 Å². The third-order valence-corrected chi connectivity index (χ3v) is 6.62. The molecule has 0 bridgehead atoms. The number of hydrogen-bond donors (Lipinski definition) is 4. The second-order valence-corrected chi connectivity index (χ2v) is 9.08. The first-order valence-corrected chi connectivity index (χ1v) is 11.1. The number of thiazole rings is 1. The van der Waals surface area contributed by atoms with Gasteiger partial charge in [-0.1, -0.05) is 11.3 Å². The summed E-state index contributed by atoms with van der Waals surface area (Å²) in [6.07, 6.45) is 1.73. The second kappa shape index (κ2) is 8.20. The molecule has 2 rings (SSSR count). The lowest BCUT2D eigenvalue weighted by Gasteiger charge is -2.11. The molecule has 0 aromatic carbocycles. The third-order valence-electron chi connectivity index (χ3n) is 3.29. The van der Waals surface area contributed by atoms with Crippen LogP contribution in [0.1, 0.15) is 22.0 Å². The molecule has 0 aliphatic carbocycles. The van der Waals surface area contributed by atoms with E-state index in [0.717, 1.165) is 10.6 Å². The molecule has 14 heteroatoms. The van der Waals surface area contributed by atoms with Gasteiger partial charge in [-0.2, -0.15) is 8.88 Å². The van der Waals surface area contributed by atoms with E-state index in [1.807, 2.05) is 11.5 Å². The van der Waals surface area contributed by atoms with Crippen molar-refractivity contribution in [1.29, 1.82) is 0 Å². The number of rotatable bonds is 8. The van der Waals surface area contributed by atoms with E-state index in [9.17, 15) is 18.8 Å². The number of aromatic nitrogens is 3. The highest BCUT2D eigenvalue weighted by Crippen LogP contribution is 2.57. The van der Waals surface area contributed by atoms with Crippen LogP contribution in [-0.4, -0.2) is 31.3 Å². The van der Waals surface area contributed by atoms with Gasteiger partial charge in [0.25, 0.3) is 5.56 Å². The molecule has 0 aliphatic heterocycles. The molecule has 1 atom stereocenters. The first-order valence-electron chi connectivity index (χ1n) is 7.22. The van der Waals surface area contributed by atoms with Gasteiger partial charge >= 0.3 is 15.6 Å². The summed E-state index contributed by atoms with van der Waals surface area (Å²) < 4.78 is 32.1. The van der Waals surface area contributed by atoms with Crippen LogP contribution in [0.2, 0.25) is 0 Å². The van der Waals surface area contributed by atoms with Gasteiger partial charge in [-0.15, -0.1) is 0 Å². The van der Waals surface area contributed by atoms with E-state index in [1.54, 1.807) is 12.4 Å². The topological polar surface area (TPSA) is 163 Å². The van der Waals surface area contributed by atoms with E-state index in [-0.39, 0.29) is 18.6 Å². The first kappa shape index (κ1) is 21.1. The van der Waals surface area contributed by atoms with Crippen molar-refractivity contribution < 1.29 is 37.2 Å². The maximum absolute atomic E-state index is 11.9. The van der Waals surface area contributed by atoms with Crippen LogP contribution < -0.4 is 10.1 Å². The molecular weight excluding hydrogens is 408 g/mol. The molecule has 0 saturated heterocycles. The molecule has 144 valence electrons. The molecule has 11 nitrogen and oxygen atoms in total. The van der Waals surface area contributed by atoms with Crippen LogP contribution in [-0.2, 0) is 30.9 Å². The van der Waals surface area contributed by atoms with E-state index in [2.05, 4.69) is 18.8 Å². The Morgan fingerprint density at radius 3 is 2.62 bits per heavy atom. The summed E-state index contributed by atoms with van der Waals surface area (Å²) in [5.41, 5.74) is 2.87. The van der Waals surface area contributed by atoms with Crippen LogP contribution in [0, 0.1) is 13.8 Å². The van der Waals surface area contributed by atoms with Gasteiger partial charge in [0, 0.05) is 19.5 Å². The maximum atomic E-state index is 11.9. The maximum Gasteiger partial charge on any atom is 0.481 e. The summed E-state index contributed by atoms with van der Waals surface area (Å²) >= 11 is 1.35. The van der Waals surface area contributed by atoms with Gasteiger partial charge in [-0.05, 0) is 6.92 Å². The molecule has 0 spiro atoms. The smallest absolute Gasteiger partial charge is 0.310 e. The molecule has 0 fully saturated rings. The normalized spacial score (nSPS) is 14.3. The van der Waals surface area contributed by atoms with Gasteiger partial charge in [0.15, 0.2) is 12.2 Å². The van der Waals surface area contributed by atoms with E-state index in [1.165, 1.54) is 17.5 Å². The number of phosphoric acid groups is 2. The molecule has 0 saturated carbocycles. The zero-order valence-corrected chi connectivity index (χ0v) is 16.5. The Morgan fingerprint density at radius 1 is 1.31 bits per heavy atom. The van der Waals surface area contributed by atoms with Crippen molar-refractivity contribution in [3.05, 3.63) is 44.0 Å². The molecule has 0 aliphatic rings. The van der Waals surface area contributed by atoms with Gasteiger partial charge in [0.1, 0.15) is 11.4 Å². The number of nitrogens with zero attached hydrogens (tertiary/aromatic N) is 2. The van der Waals surface area contributed by atoms with E-state index >= 15 is 0 Å². The van der Waals surface area contributed by atoms with E-state index in [0.29, 0.717) is 17.9 Å². The van der Waals surface area contributed by atoms with Crippen LogP contribution in [0.15, 0.2) is 16.5 Å². The van der Waals surface area contributed by atoms with Crippen LogP contribution in [0.4, 0.5) is 0 Å². The summed E-state index contributed by atoms with van der Waals surface area (Å²) in [7, 11) is -9.97. The van der Waals surface area contributed by atoms with Crippen molar-refractivity contribution in [3.8, 4) is 0 Å². The number of nitrogens with one attached hydrogen (secondary N) is 1. The van der Waals surface area contributed by atoms with Crippen molar-refractivity contribution in [1.82, 2.24) is 9.97 Å². The molecular formula is C12H18N3O8P2S+. The molecule has 0 amide bonds. The monoisotopic (exact) mass is 426 g/mol. The number of phosphoric ester groups is 1. The van der Waals surface area contributed by atoms with E-state index in [4.69, 9.17) is 9.79 Å². The lowest BCUT2D eigenvalue weighted by Crippen LogP contribution is -2.37. The van der Waals surface area contributed by atoms with Gasteiger partial charge in [0.2, 0.25) is 5.51 Å². The van der Waals surface area contributed by atoms with Gasteiger partial charge < -0.3 is 19.7 Å². The fraction of sp³-hybridized carbons (Fsp3) is 0.417. The minimum Gasteiger partial charge on any atom is -0.310 e. The molecule has 2 aromatic rings. The molecule has 26 heavy (non-hydrogen) atoms. The SMILES string of the molecule is Cc1ncc(C[n+]2csc(CCOP(=O)(O)OP(=O)(O)O)c2C)c(=O)[nH]1. The number of aromatic amines is 1. The molecule has 1 unspecified atom stereocenters. The Hall–Kier alpha value is -1.23.